The molecule has 12 heteroatoms. The van der Waals surface area contributed by atoms with E-state index in [1.165, 1.54) is 0 Å². The van der Waals surface area contributed by atoms with Gasteiger partial charge in [-0.2, -0.15) is 0 Å². The summed E-state index contributed by atoms with van der Waals surface area (Å²) in [4.78, 5) is 72.2. The third-order valence-electron chi connectivity index (χ3n) is 4.54. The van der Waals surface area contributed by atoms with Gasteiger partial charge in [0.25, 0.3) is 0 Å². The van der Waals surface area contributed by atoms with E-state index in [0.717, 1.165) is 0 Å². The van der Waals surface area contributed by atoms with E-state index in [9.17, 15) is 28.8 Å². The average molecular weight is 502 g/mol. The molecule has 12 nitrogen and oxygen atoms in total. The number of aliphatic carboxylic acids is 1. The number of carboxylic acid groups (broad SMARTS) is 1. The van der Waals surface area contributed by atoms with E-state index in [1.807, 2.05) is 0 Å². The van der Waals surface area contributed by atoms with Crippen LogP contribution in [0.2, 0.25) is 0 Å². The second-order valence-electron chi connectivity index (χ2n) is 7.39. The fraction of sp³-hybridized carbons (Fsp3) is 0.500. The summed E-state index contributed by atoms with van der Waals surface area (Å²) in [6, 6.07) is -2.40. The number of carboxylic acids is 1. The van der Waals surface area contributed by atoms with Gasteiger partial charge in [-0.05, 0) is 19.3 Å². The molecule has 5 amide bonds. The summed E-state index contributed by atoms with van der Waals surface area (Å²) < 4.78 is 0. The molecule has 0 heterocycles. The minimum Gasteiger partial charge on any atom is -0.481 e. The van der Waals surface area contributed by atoms with Crippen molar-refractivity contribution < 1.29 is 33.9 Å². The number of carbonyl (C=O) groups is 6. The largest absolute Gasteiger partial charge is 0.481 e. The molecule has 0 bridgehead atoms. The van der Waals surface area contributed by atoms with Gasteiger partial charge >= 0.3 is 5.97 Å². The lowest BCUT2D eigenvalue weighted by atomic mass is 10.1. The summed E-state index contributed by atoms with van der Waals surface area (Å²) in [5.41, 5.74) is 0. The van der Waals surface area contributed by atoms with Crippen molar-refractivity contribution in [1.29, 1.82) is 0 Å². The highest BCUT2D eigenvalue weighted by Gasteiger charge is 2.27. The van der Waals surface area contributed by atoms with Crippen molar-refractivity contribution >= 4 is 35.5 Å². The molecule has 6 N–H and O–H groups in total. The highest BCUT2D eigenvalue weighted by Crippen LogP contribution is 2.05. The molecular formula is C24H31N5O7. The molecule has 0 rings (SSSR count). The molecule has 0 unspecified atom stereocenters. The number of carbonyl (C=O) groups excluding carboxylic acids is 5. The highest BCUT2D eigenvalue weighted by atomic mass is 16.4. The highest BCUT2D eigenvalue weighted by molar-refractivity contribution is 5.93. The van der Waals surface area contributed by atoms with Crippen molar-refractivity contribution in [1.82, 2.24) is 26.6 Å². The predicted molar refractivity (Wildman–Crippen MR) is 129 cm³/mol. The van der Waals surface area contributed by atoms with Gasteiger partial charge in [-0.1, -0.05) is 17.8 Å². The van der Waals surface area contributed by atoms with Gasteiger partial charge in [0.1, 0.15) is 12.1 Å². The number of hydrogen-bond acceptors (Lipinski definition) is 6. The Bertz CT molecular complexity index is 927. The van der Waals surface area contributed by atoms with Crippen LogP contribution in [0, 0.1) is 37.0 Å². The summed E-state index contributed by atoms with van der Waals surface area (Å²) >= 11 is 0. The molecule has 0 aliphatic heterocycles. The van der Waals surface area contributed by atoms with Gasteiger partial charge in [0.2, 0.25) is 29.5 Å². The van der Waals surface area contributed by atoms with Crippen molar-refractivity contribution in [3.05, 3.63) is 0 Å². The second-order valence-corrected chi connectivity index (χ2v) is 7.39. The van der Waals surface area contributed by atoms with Gasteiger partial charge in [-0.15, -0.1) is 19.3 Å². The van der Waals surface area contributed by atoms with Crippen molar-refractivity contribution in [2.75, 3.05) is 19.6 Å². The molecule has 0 aromatic rings. The van der Waals surface area contributed by atoms with E-state index in [2.05, 4.69) is 44.3 Å². The molecule has 0 aromatic heterocycles. The van der Waals surface area contributed by atoms with Crippen molar-refractivity contribution in [2.45, 2.75) is 57.0 Å². The zero-order valence-corrected chi connectivity index (χ0v) is 19.9. The van der Waals surface area contributed by atoms with Crippen LogP contribution in [-0.2, 0) is 28.8 Å². The summed E-state index contributed by atoms with van der Waals surface area (Å²) in [7, 11) is 0. The monoisotopic (exact) mass is 501 g/mol. The summed E-state index contributed by atoms with van der Waals surface area (Å²) in [5.74, 6) is 2.68. The molecule has 0 spiro atoms. The molecule has 36 heavy (non-hydrogen) atoms. The molecule has 2 atom stereocenters. The first-order valence-corrected chi connectivity index (χ1v) is 11.1. The van der Waals surface area contributed by atoms with E-state index in [-0.39, 0.29) is 64.6 Å². The summed E-state index contributed by atoms with van der Waals surface area (Å²) in [6.45, 7) is -0.138. The molecule has 194 valence electrons. The lowest BCUT2D eigenvalue weighted by molar-refractivity contribution is -0.137. The molecule has 0 fully saturated rings. The Hall–Kier alpha value is -4.50. The van der Waals surface area contributed by atoms with Crippen molar-refractivity contribution in [3.8, 4) is 37.0 Å². The van der Waals surface area contributed by atoms with Gasteiger partial charge in [-0.25, -0.2) is 0 Å². The fourth-order valence-electron chi connectivity index (χ4n) is 2.76. The van der Waals surface area contributed by atoms with Crippen LogP contribution in [0.3, 0.4) is 0 Å². The Morgan fingerprint density at radius 2 is 1.08 bits per heavy atom. The Balaban J connectivity index is 5.40. The van der Waals surface area contributed by atoms with Crippen LogP contribution in [-0.4, -0.2) is 72.3 Å². The first-order valence-electron chi connectivity index (χ1n) is 11.1. The lowest BCUT2D eigenvalue weighted by Crippen LogP contribution is -2.54. The Kier molecular flexibility index (Phi) is 16.5. The topological polar surface area (TPSA) is 183 Å². The normalized spacial score (nSPS) is 11.2. The van der Waals surface area contributed by atoms with Crippen LogP contribution in [0.25, 0.3) is 0 Å². The second kappa shape index (κ2) is 18.9. The third kappa shape index (κ3) is 15.4. The van der Waals surface area contributed by atoms with E-state index >= 15 is 0 Å². The first kappa shape index (κ1) is 31.5. The third-order valence-corrected chi connectivity index (χ3v) is 4.54. The lowest BCUT2D eigenvalue weighted by Gasteiger charge is -2.23. The Morgan fingerprint density at radius 3 is 1.56 bits per heavy atom. The van der Waals surface area contributed by atoms with Gasteiger partial charge in [-0.3, -0.25) is 28.8 Å². The van der Waals surface area contributed by atoms with E-state index in [4.69, 9.17) is 24.4 Å². The van der Waals surface area contributed by atoms with E-state index in [0.29, 0.717) is 0 Å². The quantitative estimate of drug-likeness (QED) is 0.125. The van der Waals surface area contributed by atoms with E-state index in [1.54, 1.807) is 0 Å². The maximum Gasteiger partial charge on any atom is 0.303 e. The summed E-state index contributed by atoms with van der Waals surface area (Å²) in [6.07, 6.45) is 14.4. The number of rotatable bonds is 17. The molecule has 0 saturated carbocycles. The summed E-state index contributed by atoms with van der Waals surface area (Å²) in [5, 5.41) is 20.9. The smallest absolute Gasteiger partial charge is 0.303 e. The van der Waals surface area contributed by atoms with Gasteiger partial charge in [0.15, 0.2) is 0 Å². The SMILES string of the molecule is C#CCNC(=O)CC[C@H](NC(=O)CCCC(=O)O)C(=O)N[C@H](CCC(=O)NCC#C)C(=O)NCC#C. The molecule has 0 saturated heterocycles. The molecule has 0 radical (unpaired) electrons. The maximum absolute atomic E-state index is 13.0. The Morgan fingerprint density at radius 1 is 0.611 bits per heavy atom. The van der Waals surface area contributed by atoms with Gasteiger partial charge in [0, 0.05) is 25.7 Å². The standard InChI is InChI=1S/C24H31N5O7/c1-4-14-25-19(30)12-10-17(23(35)27-16-6-3)29-24(36)18(11-13-20(31)26-15-5-2)28-21(32)8-7-9-22(33)34/h1-3,17-18H,7-16H2,(H,25,30)(H,26,31)(H,27,35)(H,28,32)(H,29,36)(H,33,34)/t17-,18+/m1/s1. The minimum absolute atomic E-state index is 0.00310. The van der Waals surface area contributed by atoms with Crippen LogP contribution in [0.15, 0.2) is 0 Å². The first-order chi connectivity index (χ1) is 17.1. The predicted octanol–water partition coefficient (Wildman–Crippen LogP) is -1.98. The van der Waals surface area contributed by atoms with Gasteiger partial charge in [0.05, 0.1) is 19.6 Å². The van der Waals surface area contributed by atoms with Gasteiger partial charge < -0.3 is 31.7 Å². The molecule has 0 aromatic carbocycles. The maximum atomic E-state index is 13.0. The minimum atomic E-state index is -1.22. The fourth-order valence-corrected chi connectivity index (χ4v) is 2.76. The number of terminal acetylenes is 3. The van der Waals surface area contributed by atoms with Crippen molar-refractivity contribution in [3.63, 3.8) is 0 Å². The van der Waals surface area contributed by atoms with Crippen LogP contribution >= 0.6 is 0 Å². The zero-order chi connectivity index (χ0) is 27.3. The Labute approximate surface area is 210 Å². The van der Waals surface area contributed by atoms with Crippen LogP contribution < -0.4 is 26.6 Å². The molecule has 0 aliphatic carbocycles. The molecule has 0 aliphatic rings. The van der Waals surface area contributed by atoms with Crippen LogP contribution in [0.1, 0.15) is 44.9 Å². The van der Waals surface area contributed by atoms with Crippen LogP contribution in [0.4, 0.5) is 0 Å². The average Bonchev–Trinajstić information content (AvgIpc) is 2.84. The zero-order valence-electron chi connectivity index (χ0n) is 19.9. The van der Waals surface area contributed by atoms with Crippen molar-refractivity contribution in [2.24, 2.45) is 0 Å². The number of hydrogen-bond donors (Lipinski definition) is 6. The van der Waals surface area contributed by atoms with Crippen LogP contribution in [0.5, 0.6) is 0 Å². The molecular weight excluding hydrogens is 470 g/mol. The number of amides is 5. The number of nitrogens with one attached hydrogen (secondary N) is 5. The van der Waals surface area contributed by atoms with E-state index < -0.39 is 47.6 Å².